The Morgan fingerprint density at radius 1 is 1.41 bits per heavy atom. The molecule has 0 amide bonds. The minimum Gasteiger partial charge on any atom is -0.399 e. The molecule has 3 nitrogen and oxygen atoms in total. The monoisotopic (exact) mass is 230 g/mol. The standard InChI is InChI=1S/C14H18N2O/c1-4-5-14(16-17-3)13(10-15)12-8-6-11(2)7-9-12/h6-9,13H,4-5H2,1-3H3/b16-14+. The fourth-order valence-electron chi connectivity index (χ4n) is 1.72. The van der Waals surface area contributed by atoms with Crippen LogP contribution >= 0.6 is 0 Å². The molecule has 90 valence electrons. The fourth-order valence-corrected chi connectivity index (χ4v) is 1.72. The summed E-state index contributed by atoms with van der Waals surface area (Å²) < 4.78 is 0. The summed E-state index contributed by atoms with van der Waals surface area (Å²) in [6.07, 6.45) is 1.73. The molecule has 0 spiro atoms. The molecule has 0 N–H and O–H groups in total. The largest absolute Gasteiger partial charge is 0.399 e. The first-order chi connectivity index (χ1) is 8.22. The zero-order chi connectivity index (χ0) is 12.7. The molecule has 0 aliphatic carbocycles. The van der Waals surface area contributed by atoms with Crippen molar-refractivity contribution in [3.05, 3.63) is 35.4 Å². The first-order valence-corrected chi connectivity index (χ1v) is 5.79. The van der Waals surface area contributed by atoms with E-state index in [0.29, 0.717) is 0 Å². The Balaban J connectivity index is 3.01. The lowest BCUT2D eigenvalue weighted by Crippen LogP contribution is -2.11. The quantitative estimate of drug-likeness (QED) is 0.574. The van der Waals surface area contributed by atoms with Crippen LogP contribution in [-0.2, 0) is 4.84 Å². The van der Waals surface area contributed by atoms with E-state index in [1.165, 1.54) is 12.7 Å². The maximum absolute atomic E-state index is 9.29. The Hall–Kier alpha value is -1.82. The molecule has 0 aliphatic heterocycles. The third-order valence-corrected chi connectivity index (χ3v) is 2.59. The number of hydrogen-bond acceptors (Lipinski definition) is 3. The molecular formula is C14H18N2O. The van der Waals surface area contributed by atoms with E-state index in [1.54, 1.807) is 0 Å². The van der Waals surface area contributed by atoms with Gasteiger partial charge in [-0.15, -0.1) is 0 Å². The van der Waals surface area contributed by atoms with Crippen LogP contribution in [0.5, 0.6) is 0 Å². The zero-order valence-electron chi connectivity index (χ0n) is 10.6. The van der Waals surface area contributed by atoms with E-state index in [0.717, 1.165) is 24.1 Å². The third kappa shape index (κ3) is 3.60. The number of hydrogen-bond donors (Lipinski definition) is 0. The van der Waals surface area contributed by atoms with E-state index in [4.69, 9.17) is 4.84 Å². The summed E-state index contributed by atoms with van der Waals surface area (Å²) in [6.45, 7) is 4.09. The van der Waals surface area contributed by atoms with Crippen molar-refractivity contribution < 1.29 is 4.84 Å². The summed E-state index contributed by atoms with van der Waals surface area (Å²) in [6, 6.07) is 10.3. The van der Waals surface area contributed by atoms with Gasteiger partial charge >= 0.3 is 0 Å². The van der Waals surface area contributed by atoms with Crippen molar-refractivity contribution in [1.29, 1.82) is 5.26 Å². The predicted octanol–water partition coefficient (Wildman–Crippen LogP) is 3.40. The minimum atomic E-state index is -0.310. The van der Waals surface area contributed by atoms with Crippen molar-refractivity contribution in [3.8, 4) is 6.07 Å². The van der Waals surface area contributed by atoms with Gasteiger partial charge in [0.2, 0.25) is 0 Å². The van der Waals surface area contributed by atoms with Crippen molar-refractivity contribution in [2.75, 3.05) is 7.11 Å². The zero-order valence-corrected chi connectivity index (χ0v) is 10.6. The summed E-state index contributed by atoms with van der Waals surface area (Å²) in [5.74, 6) is -0.310. The highest BCUT2D eigenvalue weighted by Crippen LogP contribution is 2.20. The molecule has 1 unspecified atom stereocenters. The van der Waals surface area contributed by atoms with Crippen LogP contribution in [-0.4, -0.2) is 12.8 Å². The van der Waals surface area contributed by atoms with Crippen LogP contribution in [0.3, 0.4) is 0 Å². The van der Waals surface area contributed by atoms with Crippen LogP contribution in [0.2, 0.25) is 0 Å². The van der Waals surface area contributed by atoms with Crippen LogP contribution in [0.1, 0.15) is 36.8 Å². The van der Waals surface area contributed by atoms with E-state index >= 15 is 0 Å². The highest BCUT2D eigenvalue weighted by atomic mass is 16.6. The molecule has 1 aromatic rings. The Morgan fingerprint density at radius 2 is 2.06 bits per heavy atom. The van der Waals surface area contributed by atoms with Gasteiger partial charge in [-0.3, -0.25) is 0 Å². The Morgan fingerprint density at radius 3 is 2.53 bits per heavy atom. The van der Waals surface area contributed by atoms with Gasteiger partial charge in [0, 0.05) is 0 Å². The first kappa shape index (κ1) is 13.2. The number of aryl methyl sites for hydroxylation is 1. The number of rotatable bonds is 5. The highest BCUT2D eigenvalue weighted by molar-refractivity contribution is 5.92. The predicted molar refractivity (Wildman–Crippen MR) is 68.9 cm³/mol. The van der Waals surface area contributed by atoms with Gasteiger partial charge < -0.3 is 4.84 Å². The van der Waals surface area contributed by atoms with E-state index in [1.807, 2.05) is 31.2 Å². The van der Waals surface area contributed by atoms with E-state index in [2.05, 4.69) is 18.1 Å². The van der Waals surface area contributed by atoms with Crippen LogP contribution in [0.25, 0.3) is 0 Å². The van der Waals surface area contributed by atoms with Gasteiger partial charge in [-0.1, -0.05) is 48.3 Å². The minimum absolute atomic E-state index is 0.310. The maximum Gasteiger partial charge on any atom is 0.113 e. The van der Waals surface area contributed by atoms with Gasteiger partial charge in [0.1, 0.15) is 13.0 Å². The summed E-state index contributed by atoms with van der Waals surface area (Å²) >= 11 is 0. The molecule has 0 fully saturated rings. The third-order valence-electron chi connectivity index (χ3n) is 2.59. The lowest BCUT2D eigenvalue weighted by Gasteiger charge is -2.11. The normalized spacial score (nSPS) is 12.9. The number of benzene rings is 1. The lowest BCUT2D eigenvalue weighted by atomic mass is 9.92. The maximum atomic E-state index is 9.29. The number of nitrogens with zero attached hydrogens (tertiary/aromatic N) is 2. The molecular weight excluding hydrogens is 212 g/mol. The summed E-state index contributed by atoms with van der Waals surface area (Å²) in [7, 11) is 1.51. The smallest absolute Gasteiger partial charge is 0.113 e. The van der Waals surface area contributed by atoms with Crippen molar-refractivity contribution in [3.63, 3.8) is 0 Å². The molecule has 3 heteroatoms. The van der Waals surface area contributed by atoms with Gasteiger partial charge in [0.15, 0.2) is 0 Å². The van der Waals surface area contributed by atoms with E-state index < -0.39 is 0 Å². The van der Waals surface area contributed by atoms with E-state index in [9.17, 15) is 5.26 Å². The summed E-state index contributed by atoms with van der Waals surface area (Å²) in [4.78, 5) is 4.82. The van der Waals surface area contributed by atoms with Gasteiger partial charge in [0.05, 0.1) is 11.8 Å². The molecule has 0 aliphatic rings. The lowest BCUT2D eigenvalue weighted by molar-refractivity contribution is 0.211. The van der Waals surface area contributed by atoms with Crippen LogP contribution < -0.4 is 0 Å². The SMILES string of the molecule is CCC/C(=N\OC)C(C#N)c1ccc(C)cc1. The summed E-state index contributed by atoms with van der Waals surface area (Å²) in [5, 5.41) is 13.3. The topological polar surface area (TPSA) is 45.4 Å². The molecule has 1 rings (SSSR count). The summed E-state index contributed by atoms with van der Waals surface area (Å²) in [5.41, 5.74) is 2.95. The Labute approximate surface area is 103 Å². The van der Waals surface area contributed by atoms with Crippen LogP contribution in [0.4, 0.5) is 0 Å². The van der Waals surface area contributed by atoms with Gasteiger partial charge in [-0.05, 0) is 18.9 Å². The average Bonchev–Trinajstić information content (AvgIpc) is 2.33. The Bertz CT molecular complexity index is 415. The van der Waals surface area contributed by atoms with Crippen molar-refractivity contribution in [1.82, 2.24) is 0 Å². The average molecular weight is 230 g/mol. The second kappa shape index (κ2) is 6.70. The van der Waals surface area contributed by atoms with Crippen molar-refractivity contribution >= 4 is 5.71 Å². The molecule has 0 saturated carbocycles. The van der Waals surface area contributed by atoms with Gasteiger partial charge in [-0.25, -0.2) is 0 Å². The molecule has 0 radical (unpaired) electrons. The Kier molecular flexibility index (Phi) is 5.22. The molecule has 17 heavy (non-hydrogen) atoms. The van der Waals surface area contributed by atoms with Crippen molar-refractivity contribution in [2.45, 2.75) is 32.6 Å². The molecule has 0 aromatic heterocycles. The second-order valence-corrected chi connectivity index (χ2v) is 3.99. The molecule has 0 heterocycles. The molecule has 1 aromatic carbocycles. The molecule has 0 saturated heterocycles. The molecule has 1 atom stereocenters. The van der Waals surface area contributed by atoms with Crippen LogP contribution in [0.15, 0.2) is 29.4 Å². The highest BCUT2D eigenvalue weighted by Gasteiger charge is 2.17. The van der Waals surface area contributed by atoms with Gasteiger partial charge in [-0.2, -0.15) is 5.26 Å². The molecule has 0 bridgehead atoms. The van der Waals surface area contributed by atoms with Crippen LogP contribution in [0, 0.1) is 18.3 Å². The number of nitriles is 1. The number of oxime groups is 1. The second-order valence-electron chi connectivity index (χ2n) is 3.99. The first-order valence-electron chi connectivity index (χ1n) is 5.79. The van der Waals surface area contributed by atoms with Crippen molar-refractivity contribution in [2.24, 2.45) is 5.16 Å². The van der Waals surface area contributed by atoms with E-state index in [-0.39, 0.29) is 5.92 Å². The fraction of sp³-hybridized carbons (Fsp3) is 0.429. The van der Waals surface area contributed by atoms with Gasteiger partial charge in [0.25, 0.3) is 0 Å².